The van der Waals surface area contributed by atoms with E-state index in [0.717, 1.165) is 63.7 Å². The molecule has 362 valence electrons. The first-order valence-electron chi connectivity index (χ1n) is 27.4. The Morgan fingerprint density at radius 2 is 0.541 bits per heavy atom. The number of esters is 3. The molecule has 0 radical (unpaired) electrons. The second kappa shape index (κ2) is 49.4. The fraction of sp³-hybridized carbons (Fsp3) is 0.945. The van der Waals surface area contributed by atoms with Crippen LogP contribution in [0.5, 0.6) is 0 Å². The molecule has 0 aromatic rings. The molecule has 0 heterocycles. The van der Waals surface area contributed by atoms with E-state index in [1.165, 1.54) is 205 Å². The minimum Gasteiger partial charge on any atom is -0.462 e. The molecule has 0 aliphatic heterocycles. The van der Waals surface area contributed by atoms with Gasteiger partial charge in [0.1, 0.15) is 13.2 Å². The fourth-order valence-electron chi connectivity index (χ4n) is 8.39. The van der Waals surface area contributed by atoms with Crippen LogP contribution in [-0.2, 0) is 28.6 Å². The van der Waals surface area contributed by atoms with Gasteiger partial charge in [-0.3, -0.25) is 14.4 Å². The molecule has 61 heavy (non-hydrogen) atoms. The molecule has 0 amide bonds. The maximum Gasteiger partial charge on any atom is 0.306 e. The smallest absolute Gasteiger partial charge is 0.306 e. The van der Waals surface area contributed by atoms with Crippen LogP contribution < -0.4 is 0 Å². The Hall–Kier alpha value is -1.59. The zero-order valence-corrected chi connectivity index (χ0v) is 41.6. The van der Waals surface area contributed by atoms with Crippen LogP contribution in [0.3, 0.4) is 0 Å². The third-order valence-corrected chi connectivity index (χ3v) is 12.5. The van der Waals surface area contributed by atoms with Gasteiger partial charge in [-0.15, -0.1) is 0 Å². The highest BCUT2D eigenvalue weighted by molar-refractivity contribution is 5.71. The summed E-state index contributed by atoms with van der Waals surface area (Å²) in [5, 5.41) is 0. The first-order valence-corrected chi connectivity index (χ1v) is 27.4. The van der Waals surface area contributed by atoms with Crippen LogP contribution >= 0.6 is 0 Å². The highest BCUT2D eigenvalue weighted by Gasteiger charge is 2.19. The molecule has 0 rings (SSSR count). The summed E-state index contributed by atoms with van der Waals surface area (Å²) in [6.45, 7) is 9.03. The highest BCUT2D eigenvalue weighted by Crippen LogP contribution is 2.17. The van der Waals surface area contributed by atoms with E-state index in [1.807, 2.05) is 0 Å². The second-order valence-corrected chi connectivity index (χ2v) is 19.3. The number of hydrogen-bond donors (Lipinski definition) is 0. The number of ether oxygens (including phenoxy) is 3. The van der Waals surface area contributed by atoms with Crippen molar-refractivity contribution >= 4 is 17.9 Å². The summed E-state index contributed by atoms with van der Waals surface area (Å²) in [5.74, 6) is -0.0214. The van der Waals surface area contributed by atoms with Gasteiger partial charge in [0.2, 0.25) is 0 Å². The Morgan fingerprint density at radius 1 is 0.311 bits per heavy atom. The molecule has 1 atom stereocenters. The largest absolute Gasteiger partial charge is 0.462 e. The third-order valence-electron chi connectivity index (χ3n) is 12.5. The standard InChI is InChI=1S/C55H106O6/c1-5-7-9-11-13-15-17-19-21-22-24-25-30-34-38-42-46-53(56)59-49-52(50-60-54(57)47-43-39-35-31-28-27-29-33-37-41-45-51(3)4)61-55(58)48-44-40-36-32-26-23-20-18-16-14-12-10-8-6-2/h51-52H,5-50H2,1-4H3/t52-/m1/s1. The van der Waals surface area contributed by atoms with Crippen LogP contribution in [0, 0.1) is 5.92 Å². The Balaban J connectivity index is 4.30. The lowest BCUT2D eigenvalue weighted by atomic mass is 10.0. The molecule has 0 unspecified atom stereocenters. The lowest BCUT2D eigenvalue weighted by Gasteiger charge is -2.18. The Kier molecular flexibility index (Phi) is 48.1. The van der Waals surface area contributed by atoms with Crippen molar-refractivity contribution in [2.75, 3.05) is 13.2 Å². The van der Waals surface area contributed by atoms with E-state index in [4.69, 9.17) is 14.2 Å². The van der Waals surface area contributed by atoms with Gasteiger partial charge in [0.25, 0.3) is 0 Å². The van der Waals surface area contributed by atoms with E-state index >= 15 is 0 Å². The van der Waals surface area contributed by atoms with Crippen LogP contribution in [0.15, 0.2) is 0 Å². The second-order valence-electron chi connectivity index (χ2n) is 19.3. The Morgan fingerprint density at radius 3 is 0.803 bits per heavy atom. The number of rotatable bonds is 50. The first-order chi connectivity index (χ1) is 29.9. The average Bonchev–Trinajstić information content (AvgIpc) is 3.24. The van der Waals surface area contributed by atoms with Crippen LogP contribution in [0.4, 0.5) is 0 Å². The molecule has 0 aromatic heterocycles. The topological polar surface area (TPSA) is 78.9 Å². The van der Waals surface area contributed by atoms with E-state index in [1.54, 1.807) is 0 Å². The van der Waals surface area contributed by atoms with Gasteiger partial charge in [0.05, 0.1) is 0 Å². The van der Waals surface area contributed by atoms with Crippen molar-refractivity contribution in [3.63, 3.8) is 0 Å². The Labute approximate surface area is 380 Å². The van der Waals surface area contributed by atoms with E-state index in [0.29, 0.717) is 19.3 Å². The lowest BCUT2D eigenvalue weighted by Crippen LogP contribution is -2.30. The molecule has 0 aliphatic rings. The van der Waals surface area contributed by atoms with Gasteiger partial charge in [-0.1, -0.05) is 272 Å². The van der Waals surface area contributed by atoms with Crippen molar-refractivity contribution in [1.29, 1.82) is 0 Å². The van der Waals surface area contributed by atoms with Crippen molar-refractivity contribution in [2.45, 2.75) is 316 Å². The van der Waals surface area contributed by atoms with Crippen molar-refractivity contribution in [2.24, 2.45) is 5.92 Å². The number of hydrogen-bond acceptors (Lipinski definition) is 6. The monoisotopic (exact) mass is 863 g/mol. The highest BCUT2D eigenvalue weighted by atomic mass is 16.6. The predicted octanol–water partition coefficient (Wildman–Crippen LogP) is 17.8. The molecule has 0 saturated carbocycles. The molecule has 0 saturated heterocycles. The maximum absolute atomic E-state index is 12.8. The lowest BCUT2D eigenvalue weighted by molar-refractivity contribution is -0.167. The molecule has 6 nitrogen and oxygen atoms in total. The normalized spacial score (nSPS) is 12.0. The summed E-state index contributed by atoms with van der Waals surface area (Å²) in [5.41, 5.74) is 0. The van der Waals surface area contributed by atoms with Crippen molar-refractivity contribution in [3.05, 3.63) is 0 Å². The molecule has 0 fully saturated rings. The molecule has 0 bridgehead atoms. The third kappa shape index (κ3) is 49.3. The van der Waals surface area contributed by atoms with Crippen LogP contribution in [0.1, 0.15) is 310 Å². The summed E-state index contributed by atoms with van der Waals surface area (Å²) < 4.78 is 16.8. The number of unbranched alkanes of at least 4 members (excludes halogenated alkanes) is 37. The van der Waals surface area contributed by atoms with Gasteiger partial charge in [-0.2, -0.15) is 0 Å². The molecular weight excluding hydrogens is 757 g/mol. The fourth-order valence-corrected chi connectivity index (χ4v) is 8.39. The molecule has 0 N–H and O–H groups in total. The van der Waals surface area contributed by atoms with Crippen LogP contribution in [0.25, 0.3) is 0 Å². The predicted molar refractivity (Wildman–Crippen MR) is 261 cm³/mol. The zero-order valence-electron chi connectivity index (χ0n) is 41.6. The maximum atomic E-state index is 12.8. The summed E-state index contributed by atoms with van der Waals surface area (Å²) in [6, 6.07) is 0. The number of carbonyl (C=O) groups excluding carboxylic acids is 3. The van der Waals surface area contributed by atoms with Crippen molar-refractivity contribution < 1.29 is 28.6 Å². The summed E-state index contributed by atoms with van der Waals surface area (Å²) in [7, 11) is 0. The van der Waals surface area contributed by atoms with Gasteiger partial charge in [-0.05, 0) is 25.2 Å². The SMILES string of the molecule is CCCCCCCCCCCCCCCCCCC(=O)OC[C@H](COC(=O)CCCCCCCCCCCCC(C)C)OC(=O)CCCCCCCCCCCCCCCC. The molecule has 0 aliphatic carbocycles. The van der Waals surface area contributed by atoms with E-state index < -0.39 is 6.10 Å². The van der Waals surface area contributed by atoms with Gasteiger partial charge >= 0.3 is 17.9 Å². The van der Waals surface area contributed by atoms with E-state index in [-0.39, 0.29) is 31.1 Å². The van der Waals surface area contributed by atoms with Crippen molar-refractivity contribution in [1.82, 2.24) is 0 Å². The minimum atomic E-state index is -0.761. The van der Waals surface area contributed by atoms with Gasteiger partial charge in [0, 0.05) is 19.3 Å². The summed E-state index contributed by atoms with van der Waals surface area (Å²) >= 11 is 0. The molecule has 6 heteroatoms. The number of carbonyl (C=O) groups is 3. The van der Waals surface area contributed by atoms with Crippen LogP contribution in [0.2, 0.25) is 0 Å². The van der Waals surface area contributed by atoms with Crippen LogP contribution in [-0.4, -0.2) is 37.2 Å². The first kappa shape index (κ1) is 59.4. The quantitative estimate of drug-likeness (QED) is 0.0344. The van der Waals surface area contributed by atoms with Crippen molar-refractivity contribution in [3.8, 4) is 0 Å². The summed E-state index contributed by atoms with van der Waals surface area (Å²) in [4.78, 5) is 38.0. The Bertz CT molecular complexity index is 918. The van der Waals surface area contributed by atoms with Gasteiger partial charge in [0.15, 0.2) is 6.10 Å². The van der Waals surface area contributed by atoms with E-state index in [9.17, 15) is 14.4 Å². The minimum absolute atomic E-state index is 0.0623. The van der Waals surface area contributed by atoms with E-state index in [2.05, 4.69) is 27.7 Å². The van der Waals surface area contributed by atoms with Gasteiger partial charge < -0.3 is 14.2 Å². The molecule has 0 spiro atoms. The molecular formula is C55H106O6. The van der Waals surface area contributed by atoms with Gasteiger partial charge in [-0.25, -0.2) is 0 Å². The molecule has 0 aromatic carbocycles. The average molecular weight is 863 g/mol. The zero-order chi connectivity index (χ0) is 44.5. The summed E-state index contributed by atoms with van der Waals surface area (Å²) in [6.07, 6.45) is 52.3.